The smallest absolute Gasteiger partial charge is 0.319 e. The van der Waals surface area contributed by atoms with Crippen LogP contribution in [0.15, 0.2) is 18.2 Å². The standard InChI is InChI=1S/C10H12FIN2O2/c1-6(15)5-13-10(16)14-8-4-2-3-7(11)9(8)12/h2-4,6,15H,5H2,1H3,(H2,13,14,16)/t6-/m1/s1. The minimum absolute atomic E-state index is 0.151. The average molecular weight is 338 g/mol. The lowest BCUT2D eigenvalue weighted by Gasteiger charge is -2.10. The highest BCUT2D eigenvalue weighted by Crippen LogP contribution is 2.20. The van der Waals surface area contributed by atoms with Crippen LogP contribution < -0.4 is 10.6 Å². The molecular formula is C10H12FIN2O2. The molecule has 0 spiro atoms. The summed E-state index contributed by atoms with van der Waals surface area (Å²) in [6.07, 6.45) is -0.614. The molecule has 1 atom stereocenters. The second kappa shape index (κ2) is 6.00. The molecule has 0 radical (unpaired) electrons. The minimum Gasteiger partial charge on any atom is -0.392 e. The Labute approximate surface area is 106 Å². The summed E-state index contributed by atoms with van der Waals surface area (Å²) in [5, 5.41) is 13.9. The second-order valence-electron chi connectivity index (χ2n) is 3.29. The number of aliphatic hydroxyl groups excluding tert-OH is 1. The van der Waals surface area contributed by atoms with Gasteiger partial charge in [0.1, 0.15) is 5.82 Å². The average Bonchev–Trinajstić information content (AvgIpc) is 2.22. The molecule has 16 heavy (non-hydrogen) atoms. The van der Waals surface area contributed by atoms with Gasteiger partial charge in [-0.1, -0.05) is 6.07 Å². The molecule has 0 heterocycles. The molecule has 1 aromatic carbocycles. The summed E-state index contributed by atoms with van der Waals surface area (Å²) >= 11 is 1.81. The van der Waals surface area contributed by atoms with Crippen LogP contribution in [0.5, 0.6) is 0 Å². The van der Waals surface area contributed by atoms with Crippen LogP contribution in [-0.4, -0.2) is 23.8 Å². The van der Waals surface area contributed by atoms with Crippen molar-refractivity contribution in [3.05, 3.63) is 27.6 Å². The van der Waals surface area contributed by atoms with Crippen molar-refractivity contribution in [2.24, 2.45) is 0 Å². The molecule has 0 unspecified atom stereocenters. The van der Waals surface area contributed by atoms with Gasteiger partial charge in [-0.25, -0.2) is 9.18 Å². The van der Waals surface area contributed by atoms with Crippen LogP contribution >= 0.6 is 22.6 Å². The molecule has 0 saturated carbocycles. The van der Waals surface area contributed by atoms with E-state index in [1.54, 1.807) is 13.0 Å². The number of halogens is 2. The van der Waals surface area contributed by atoms with Gasteiger partial charge in [0.25, 0.3) is 0 Å². The highest BCUT2D eigenvalue weighted by Gasteiger charge is 2.08. The van der Waals surface area contributed by atoms with Crippen LogP contribution in [0.4, 0.5) is 14.9 Å². The largest absolute Gasteiger partial charge is 0.392 e. The van der Waals surface area contributed by atoms with Crippen LogP contribution in [0.1, 0.15) is 6.92 Å². The van der Waals surface area contributed by atoms with E-state index in [2.05, 4.69) is 10.6 Å². The molecule has 1 aromatic rings. The zero-order valence-corrected chi connectivity index (χ0v) is 10.8. The quantitative estimate of drug-likeness (QED) is 0.738. The van der Waals surface area contributed by atoms with Crippen molar-refractivity contribution in [2.75, 3.05) is 11.9 Å². The molecule has 0 bridgehead atoms. The number of benzene rings is 1. The minimum atomic E-state index is -0.614. The molecule has 3 N–H and O–H groups in total. The number of anilines is 1. The maximum absolute atomic E-state index is 13.1. The summed E-state index contributed by atoms with van der Waals surface area (Å²) in [4.78, 5) is 11.3. The maximum Gasteiger partial charge on any atom is 0.319 e. The zero-order valence-electron chi connectivity index (χ0n) is 8.63. The number of carbonyl (C=O) groups is 1. The number of rotatable bonds is 3. The van der Waals surface area contributed by atoms with Crippen LogP contribution in [0.2, 0.25) is 0 Å². The van der Waals surface area contributed by atoms with Crippen molar-refractivity contribution in [1.82, 2.24) is 5.32 Å². The lowest BCUT2D eigenvalue weighted by atomic mass is 10.3. The Kier molecular flexibility index (Phi) is 4.94. The van der Waals surface area contributed by atoms with Crippen molar-refractivity contribution < 1.29 is 14.3 Å². The van der Waals surface area contributed by atoms with Crippen molar-refractivity contribution >= 4 is 34.3 Å². The first kappa shape index (κ1) is 13.2. The van der Waals surface area contributed by atoms with Gasteiger partial charge in [0.05, 0.1) is 15.4 Å². The first-order chi connectivity index (χ1) is 7.50. The van der Waals surface area contributed by atoms with Gasteiger partial charge in [0.2, 0.25) is 0 Å². The Bertz CT molecular complexity index is 385. The fourth-order valence-electron chi connectivity index (χ4n) is 1.01. The summed E-state index contributed by atoms with van der Waals surface area (Å²) in [5.41, 5.74) is 0.406. The fraction of sp³-hybridized carbons (Fsp3) is 0.300. The fourth-order valence-corrected chi connectivity index (χ4v) is 1.50. The Morgan fingerprint density at radius 2 is 2.31 bits per heavy atom. The Balaban J connectivity index is 2.59. The van der Waals surface area contributed by atoms with E-state index in [9.17, 15) is 9.18 Å². The van der Waals surface area contributed by atoms with Gasteiger partial charge in [0.15, 0.2) is 0 Å². The van der Waals surface area contributed by atoms with E-state index >= 15 is 0 Å². The predicted octanol–water partition coefficient (Wildman–Crippen LogP) is 1.93. The Morgan fingerprint density at radius 1 is 1.62 bits per heavy atom. The zero-order chi connectivity index (χ0) is 12.1. The molecule has 0 aliphatic rings. The first-order valence-corrected chi connectivity index (χ1v) is 5.75. The summed E-state index contributed by atoms with van der Waals surface area (Å²) in [6.45, 7) is 1.71. The van der Waals surface area contributed by atoms with Crippen LogP contribution in [0.3, 0.4) is 0 Å². The van der Waals surface area contributed by atoms with Gasteiger partial charge in [-0.2, -0.15) is 0 Å². The van der Waals surface area contributed by atoms with E-state index in [1.165, 1.54) is 12.1 Å². The normalized spacial score (nSPS) is 12.0. The molecule has 88 valence electrons. The summed E-state index contributed by atoms with van der Waals surface area (Å²) in [7, 11) is 0. The molecule has 2 amide bonds. The van der Waals surface area contributed by atoms with Crippen LogP contribution in [0, 0.1) is 9.39 Å². The highest BCUT2D eigenvalue weighted by molar-refractivity contribution is 14.1. The number of urea groups is 1. The molecule has 4 nitrogen and oxygen atoms in total. The lowest BCUT2D eigenvalue weighted by Crippen LogP contribution is -2.34. The molecule has 6 heteroatoms. The summed E-state index contributed by atoms with van der Waals surface area (Å²) < 4.78 is 13.5. The number of carbonyl (C=O) groups excluding carboxylic acids is 1. The van der Waals surface area contributed by atoms with Gasteiger partial charge in [0, 0.05) is 6.54 Å². The Hall–Kier alpha value is -0.890. The van der Waals surface area contributed by atoms with Crippen molar-refractivity contribution in [2.45, 2.75) is 13.0 Å². The van der Waals surface area contributed by atoms with Crippen LogP contribution in [0.25, 0.3) is 0 Å². The number of nitrogens with one attached hydrogen (secondary N) is 2. The third-order valence-corrected chi connectivity index (χ3v) is 2.85. The van der Waals surface area contributed by atoms with Gasteiger partial charge < -0.3 is 15.7 Å². The van der Waals surface area contributed by atoms with Crippen molar-refractivity contribution in [3.8, 4) is 0 Å². The number of amides is 2. The van der Waals surface area contributed by atoms with E-state index in [4.69, 9.17) is 5.11 Å². The molecule has 1 rings (SSSR count). The van der Waals surface area contributed by atoms with Crippen LogP contribution in [-0.2, 0) is 0 Å². The molecule has 0 aliphatic carbocycles. The molecule has 0 aliphatic heterocycles. The third-order valence-electron chi connectivity index (χ3n) is 1.76. The first-order valence-electron chi connectivity index (χ1n) is 4.67. The summed E-state index contributed by atoms with van der Waals surface area (Å²) in [5.74, 6) is -0.381. The lowest BCUT2D eigenvalue weighted by molar-refractivity contribution is 0.190. The van der Waals surface area contributed by atoms with Gasteiger partial charge in [-0.3, -0.25) is 0 Å². The number of aliphatic hydroxyl groups is 1. The second-order valence-corrected chi connectivity index (χ2v) is 4.36. The third kappa shape index (κ3) is 3.93. The number of hydrogen-bond acceptors (Lipinski definition) is 2. The molecule has 0 fully saturated rings. The molecule has 0 aromatic heterocycles. The van der Waals surface area contributed by atoms with Crippen molar-refractivity contribution in [1.29, 1.82) is 0 Å². The van der Waals surface area contributed by atoms with E-state index in [-0.39, 0.29) is 12.4 Å². The van der Waals surface area contributed by atoms with E-state index < -0.39 is 12.1 Å². The maximum atomic E-state index is 13.1. The monoisotopic (exact) mass is 338 g/mol. The van der Waals surface area contributed by atoms with Gasteiger partial charge in [-0.05, 0) is 41.6 Å². The van der Waals surface area contributed by atoms with E-state index in [0.717, 1.165) is 0 Å². The molecule has 0 saturated heterocycles. The highest BCUT2D eigenvalue weighted by atomic mass is 127. The SMILES string of the molecule is C[C@@H](O)CNC(=O)Nc1cccc(F)c1I. The molecular weight excluding hydrogens is 326 g/mol. The predicted molar refractivity (Wildman–Crippen MR) is 67.8 cm³/mol. The number of hydrogen-bond donors (Lipinski definition) is 3. The van der Waals surface area contributed by atoms with E-state index in [0.29, 0.717) is 9.26 Å². The topological polar surface area (TPSA) is 61.4 Å². The van der Waals surface area contributed by atoms with Crippen molar-refractivity contribution in [3.63, 3.8) is 0 Å². The Morgan fingerprint density at radius 3 is 2.94 bits per heavy atom. The van der Waals surface area contributed by atoms with Gasteiger partial charge >= 0.3 is 6.03 Å². The summed E-state index contributed by atoms with van der Waals surface area (Å²) in [6, 6.07) is 3.97. The van der Waals surface area contributed by atoms with Gasteiger partial charge in [-0.15, -0.1) is 0 Å². The van der Waals surface area contributed by atoms with E-state index in [1.807, 2.05) is 22.6 Å².